The molecule has 0 aliphatic heterocycles. The first-order chi connectivity index (χ1) is 8.77. The number of rotatable bonds is 2. The van der Waals surface area contributed by atoms with Gasteiger partial charge in [-0.25, -0.2) is 0 Å². The third-order valence-electron chi connectivity index (χ3n) is 2.98. The Hall–Kier alpha value is -2.56. The average molecular weight is 239 g/mol. The second-order valence-corrected chi connectivity index (χ2v) is 4.14. The van der Waals surface area contributed by atoms with E-state index in [-0.39, 0.29) is 0 Å². The van der Waals surface area contributed by atoms with Crippen LogP contribution in [0.1, 0.15) is 5.56 Å². The molecule has 2 heterocycles. The van der Waals surface area contributed by atoms with Gasteiger partial charge < -0.3 is 5.73 Å². The molecule has 2 aromatic heterocycles. The summed E-state index contributed by atoms with van der Waals surface area (Å²) in [6, 6.07) is 9.97. The summed E-state index contributed by atoms with van der Waals surface area (Å²) in [7, 11) is 0. The van der Waals surface area contributed by atoms with Crippen molar-refractivity contribution in [2.24, 2.45) is 0 Å². The molecular weight excluding hydrogens is 226 g/mol. The number of aromatic nitrogens is 4. The number of hydrogen-bond donors (Lipinski definition) is 3. The maximum Gasteiger partial charge on any atom is 0.153 e. The fourth-order valence-electron chi connectivity index (χ4n) is 2.07. The van der Waals surface area contributed by atoms with Gasteiger partial charge in [-0.3, -0.25) is 10.2 Å². The second-order valence-electron chi connectivity index (χ2n) is 4.14. The highest BCUT2D eigenvalue weighted by molar-refractivity contribution is 5.87. The summed E-state index contributed by atoms with van der Waals surface area (Å²) in [5, 5.41) is 13.9. The summed E-state index contributed by atoms with van der Waals surface area (Å²) in [6.07, 6.45) is 1.70. The highest BCUT2D eigenvalue weighted by Crippen LogP contribution is 2.35. The Morgan fingerprint density at radius 2 is 1.94 bits per heavy atom. The van der Waals surface area contributed by atoms with Crippen molar-refractivity contribution in [1.29, 1.82) is 0 Å². The summed E-state index contributed by atoms with van der Waals surface area (Å²) in [6.45, 7) is 2.05. The Kier molecular flexibility index (Phi) is 2.37. The number of anilines is 1. The lowest BCUT2D eigenvalue weighted by atomic mass is 9.99. The standard InChI is InChI=1S/C13H13N5/c1-8-4-2-3-5-9(8)11-12(17-18-13(11)14)10-6-7-15-16-10/h2-7H,1H3,(H,15,16)(H3,14,17,18). The van der Waals surface area contributed by atoms with Crippen LogP contribution in [0.15, 0.2) is 36.5 Å². The molecule has 90 valence electrons. The number of benzene rings is 1. The molecule has 0 fully saturated rings. The molecule has 1 aromatic carbocycles. The van der Waals surface area contributed by atoms with Crippen molar-refractivity contribution in [3.8, 4) is 22.5 Å². The lowest BCUT2D eigenvalue weighted by Gasteiger charge is -2.06. The molecule has 3 aromatic rings. The minimum Gasteiger partial charge on any atom is -0.382 e. The summed E-state index contributed by atoms with van der Waals surface area (Å²) in [5.41, 5.74) is 10.9. The van der Waals surface area contributed by atoms with Crippen molar-refractivity contribution < 1.29 is 0 Å². The zero-order valence-electron chi connectivity index (χ0n) is 9.94. The van der Waals surface area contributed by atoms with Crippen molar-refractivity contribution in [3.05, 3.63) is 42.1 Å². The van der Waals surface area contributed by atoms with Crippen molar-refractivity contribution in [1.82, 2.24) is 20.4 Å². The van der Waals surface area contributed by atoms with Gasteiger partial charge in [0.1, 0.15) is 0 Å². The number of nitrogen functional groups attached to an aromatic ring is 1. The zero-order valence-corrected chi connectivity index (χ0v) is 9.94. The van der Waals surface area contributed by atoms with E-state index in [1.807, 2.05) is 24.3 Å². The van der Waals surface area contributed by atoms with E-state index in [0.717, 1.165) is 28.1 Å². The van der Waals surface area contributed by atoms with Crippen molar-refractivity contribution in [3.63, 3.8) is 0 Å². The summed E-state index contributed by atoms with van der Waals surface area (Å²) in [5.74, 6) is 0.494. The maximum absolute atomic E-state index is 5.97. The number of nitrogens with zero attached hydrogens (tertiary/aromatic N) is 2. The van der Waals surface area contributed by atoms with Gasteiger partial charge in [0.15, 0.2) is 5.82 Å². The third kappa shape index (κ3) is 1.57. The van der Waals surface area contributed by atoms with Crippen LogP contribution >= 0.6 is 0 Å². The van der Waals surface area contributed by atoms with Crippen LogP contribution in [0.4, 0.5) is 5.82 Å². The van der Waals surface area contributed by atoms with E-state index in [9.17, 15) is 0 Å². The van der Waals surface area contributed by atoms with Gasteiger partial charge in [-0.1, -0.05) is 24.3 Å². The Morgan fingerprint density at radius 1 is 1.11 bits per heavy atom. The first-order valence-electron chi connectivity index (χ1n) is 5.67. The molecule has 0 amide bonds. The first kappa shape index (κ1) is 10.6. The van der Waals surface area contributed by atoms with Crippen LogP contribution in [0.3, 0.4) is 0 Å². The molecule has 5 heteroatoms. The van der Waals surface area contributed by atoms with E-state index in [1.54, 1.807) is 6.20 Å². The maximum atomic E-state index is 5.97. The van der Waals surface area contributed by atoms with Gasteiger partial charge in [0.05, 0.1) is 17.0 Å². The van der Waals surface area contributed by atoms with E-state index < -0.39 is 0 Å². The molecule has 0 aliphatic rings. The molecule has 5 nitrogen and oxygen atoms in total. The van der Waals surface area contributed by atoms with E-state index >= 15 is 0 Å². The Morgan fingerprint density at radius 3 is 2.67 bits per heavy atom. The molecule has 4 N–H and O–H groups in total. The van der Waals surface area contributed by atoms with Crippen LogP contribution in [0.5, 0.6) is 0 Å². The number of nitrogens with two attached hydrogens (primary N) is 1. The predicted octanol–water partition coefficient (Wildman–Crippen LogP) is 2.36. The lowest BCUT2D eigenvalue weighted by Crippen LogP contribution is -1.91. The van der Waals surface area contributed by atoms with Crippen LogP contribution in [0.25, 0.3) is 22.5 Å². The Balaban J connectivity index is 2.24. The molecule has 0 aliphatic carbocycles. The van der Waals surface area contributed by atoms with Gasteiger partial charge in [-0.2, -0.15) is 10.2 Å². The monoisotopic (exact) mass is 239 g/mol. The Bertz CT molecular complexity index is 667. The SMILES string of the molecule is Cc1ccccc1-c1c(N)n[nH]c1-c1ccn[nH]1. The summed E-state index contributed by atoms with van der Waals surface area (Å²) in [4.78, 5) is 0. The van der Waals surface area contributed by atoms with Crippen LogP contribution < -0.4 is 5.73 Å². The van der Waals surface area contributed by atoms with Crippen molar-refractivity contribution >= 4 is 5.82 Å². The van der Waals surface area contributed by atoms with E-state index in [0.29, 0.717) is 5.82 Å². The zero-order chi connectivity index (χ0) is 12.5. The lowest BCUT2D eigenvalue weighted by molar-refractivity contribution is 1.06. The molecule has 18 heavy (non-hydrogen) atoms. The van der Waals surface area contributed by atoms with E-state index in [2.05, 4.69) is 33.4 Å². The number of hydrogen-bond acceptors (Lipinski definition) is 3. The smallest absolute Gasteiger partial charge is 0.153 e. The fourth-order valence-corrected chi connectivity index (χ4v) is 2.07. The van der Waals surface area contributed by atoms with Gasteiger partial charge in [0, 0.05) is 6.20 Å². The number of aromatic amines is 2. The number of H-pyrrole nitrogens is 2. The molecule has 0 atom stereocenters. The summed E-state index contributed by atoms with van der Waals surface area (Å²) < 4.78 is 0. The van der Waals surface area contributed by atoms with E-state index in [1.165, 1.54) is 0 Å². The third-order valence-corrected chi connectivity index (χ3v) is 2.98. The molecule has 0 unspecified atom stereocenters. The van der Waals surface area contributed by atoms with Gasteiger partial charge in [0.2, 0.25) is 0 Å². The Labute approximate surface area is 104 Å². The summed E-state index contributed by atoms with van der Waals surface area (Å²) >= 11 is 0. The first-order valence-corrected chi connectivity index (χ1v) is 5.67. The highest BCUT2D eigenvalue weighted by Gasteiger charge is 2.16. The molecule has 0 bridgehead atoms. The van der Waals surface area contributed by atoms with E-state index in [4.69, 9.17) is 5.73 Å². The largest absolute Gasteiger partial charge is 0.382 e. The second kappa shape index (κ2) is 4.03. The molecular formula is C13H13N5. The van der Waals surface area contributed by atoms with Crippen LogP contribution in [0, 0.1) is 6.92 Å². The average Bonchev–Trinajstić information content (AvgIpc) is 2.99. The molecule has 0 spiro atoms. The van der Waals surface area contributed by atoms with Gasteiger partial charge in [-0.05, 0) is 24.1 Å². The molecule has 3 rings (SSSR count). The van der Waals surface area contributed by atoms with Crippen molar-refractivity contribution in [2.45, 2.75) is 6.92 Å². The molecule has 0 radical (unpaired) electrons. The normalized spacial score (nSPS) is 10.7. The van der Waals surface area contributed by atoms with Crippen molar-refractivity contribution in [2.75, 3.05) is 5.73 Å². The van der Waals surface area contributed by atoms with Gasteiger partial charge >= 0.3 is 0 Å². The molecule has 0 saturated heterocycles. The minimum atomic E-state index is 0.494. The predicted molar refractivity (Wildman–Crippen MR) is 70.8 cm³/mol. The highest BCUT2D eigenvalue weighted by atomic mass is 15.2. The number of aryl methyl sites for hydroxylation is 1. The van der Waals surface area contributed by atoms with Crippen LogP contribution in [-0.2, 0) is 0 Å². The topological polar surface area (TPSA) is 83.4 Å². The quantitative estimate of drug-likeness (QED) is 0.642. The minimum absolute atomic E-state index is 0.494. The van der Waals surface area contributed by atoms with Crippen LogP contribution in [0.2, 0.25) is 0 Å². The fraction of sp³-hybridized carbons (Fsp3) is 0.0769. The van der Waals surface area contributed by atoms with Crippen LogP contribution in [-0.4, -0.2) is 20.4 Å². The number of nitrogens with one attached hydrogen (secondary N) is 2. The van der Waals surface area contributed by atoms with Gasteiger partial charge in [0.25, 0.3) is 0 Å². The van der Waals surface area contributed by atoms with Gasteiger partial charge in [-0.15, -0.1) is 0 Å². The molecule has 0 saturated carbocycles.